The summed E-state index contributed by atoms with van der Waals surface area (Å²) < 4.78 is 24.3. The Morgan fingerprint density at radius 3 is 2.25 bits per heavy atom. The van der Waals surface area contributed by atoms with Gasteiger partial charge in [0.25, 0.3) is 0 Å². The van der Waals surface area contributed by atoms with Gasteiger partial charge in [-0.15, -0.1) is 0 Å². The van der Waals surface area contributed by atoms with Crippen molar-refractivity contribution in [3.05, 3.63) is 23.0 Å². The SMILES string of the molecule is COc1ccc(B(O)OC(C)(C)C(C)(C)O)c(F)c1Cl. The molecule has 0 spiro atoms. The van der Waals surface area contributed by atoms with Crippen molar-refractivity contribution in [2.24, 2.45) is 0 Å². The highest BCUT2D eigenvalue weighted by Gasteiger charge is 2.40. The number of aliphatic hydroxyl groups is 1. The Bertz CT molecular complexity index is 488. The van der Waals surface area contributed by atoms with E-state index < -0.39 is 24.1 Å². The van der Waals surface area contributed by atoms with Crippen LogP contribution in [0.4, 0.5) is 4.39 Å². The van der Waals surface area contributed by atoms with Crippen LogP contribution in [0.1, 0.15) is 27.7 Å². The first kappa shape index (κ1) is 17.2. The lowest BCUT2D eigenvalue weighted by Crippen LogP contribution is -2.53. The molecule has 0 fully saturated rings. The highest BCUT2D eigenvalue weighted by atomic mass is 35.5. The molecule has 0 unspecified atom stereocenters. The van der Waals surface area contributed by atoms with Gasteiger partial charge in [0.2, 0.25) is 0 Å². The lowest BCUT2D eigenvalue weighted by Gasteiger charge is -2.38. The van der Waals surface area contributed by atoms with Crippen molar-refractivity contribution in [2.75, 3.05) is 7.11 Å². The van der Waals surface area contributed by atoms with Crippen molar-refractivity contribution in [3.63, 3.8) is 0 Å². The molecule has 0 saturated heterocycles. The van der Waals surface area contributed by atoms with E-state index in [0.29, 0.717) is 0 Å². The summed E-state index contributed by atoms with van der Waals surface area (Å²) in [5.41, 5.74) is -2.43. The molecule has 4 nitrogen and oxygen atoms in total. The predicted octanol–water partition coefficient (Wildman–Crippen LogP) is 1.74. The molecule has 0 radical (unpaired) electrons. The number of rotatable bonds is 5. The van der Waals surface area contributed by atoms with Gasteiger partial charge in [0.1, 0.15) is 16.6 Å². The Hall–Kier alpha value is -0.815. The largest absolute Gasteiger partial charge is 0.495 e. The van der Waals surface area contributed by atoms with Gasteiger partial charge < -0.3 is 19.5 Å². The van der Waals surface area contributed by atoms with Crippen molar-refractivity contribution >= 4 is 24.2 Å². The van der Waals surface area contributed by atoms with Crippen molar-refractivity contribution < 1.29 is 23.9 Å². The Labute approximate surface area is 123 Å². The highest BCUT2D eigenvalue weighted by Crippen LogP contribution is 2.28. The van der Waals surface area contributed by atoms with Crippen molar-refractivity contribution in [1.29, 1.82) is 0 Å². The maximum atomic E-state index is 14.1. The minimum Gasteiger partial charge on any atom is -0.495 e. The zero-order chi connectivity index (χ0) is 15.7. The summed E-state index contributed by atoms with van der Waals surface area (Å²) in [6.07, 6.45) is 0. The maximum absolute atomic E-state index is 14.1. The smallest absolute Gasteiger partial charge is 0.494 e. The normalized spacial score (nSPS) is 12.4. The average molecular weight is 305 g/mol. The molecule has 0 aromatic heterocycles. The molecule has 20 heavy (non-hydrogen) atoms. The lowest BCUT2D eigenvalue weighted by atomic mass is 9.76. The molecule has 2 N–H and O–H groups in total. The number of hydrogen-bond acceptors (Lipinski definition) is 4. The van der Waals surface area contributed by atoms with Crippen molar-refractivity contribution in [1.82, 2.24) is 0 Å². The van der Waals surface area contributed by atoms with Crippen molar-refractivity contribution in [3.8, 4) is 5.75 Å². The first-order valence-electron chi connectivity index (χ1n) is 6.11. The molecule has 1 aromatic carbocycles. The van der Waals surface area contributed by atoms with E-state index in [4.69, 9.17) is 21.0 Å². The van der Waals surface area contributed by atoms with Crippen LogP contribution in [0, 0.1) is 5.82 Å². The Balaban J connectivity index is 3.05. The third-order valence-corrected chi connectivity index (χ3v) is 3.79. The molecular formula is C13H19BClFO4. The van der Waals surface area contributed by atoms with Gasteiger partial charge in [-0.1, -0.05) is 17.7 Å². The van der Waals surface area contributed by atoms with E-state index >= 15 is 0 Å². The van der Waals surface area contributed by atoms with E-state index in [-0.39, 0.29) is 16.2 Å². The molecule has 0 aliphatic rings. The van der Waals surface area contributed by atoms with E-state index in [1.165, 1.54) is 33.1 Å². The second-order valence-corrected chi connectivity index (χ2v) is 5.90. The average Bonchev–Trinajstić information content (AvgIpc) is 2.30. The first-order chi connectivity index (χ1) is 9.01. The molecule has 112 valence electrons. The van der Waals surface area contributed by atoms with E-state index in [2.05, 4.69) is 0 Å². The second-order valence-electron chi connectivity index (χ2n) is 5.52. The van der Waals surface area contributed by atoms with Gasteiger partial charge in [-0.25, -0.2) is 4.39 Å². The monoisotopic (exact) mass is 304 g/mol. The van der Waals surface area contributed by atoms with Crippen LogP contribution in [-0.2, 0) is 4.65 Å². The molecule has 0 aliphatic carbocycles. The van der Waals surface area contributed by atoms with Crippen LogP contribution in [0.5, 0.6) is 5.75 Å². The zero-order valence-electron chi connectivity index (χ0n) is 12.2. The van der Waals surface area contributed by atoms with Gasteiger partial charge in [-0.05, 0) is 33.8 Å². The van der Waals surface area contributed by atoms with Crippen LogP contribution in [0.25, 0.3) is 0 Å². The van der Waals surface area contributed by atoms with E-state index in [1.54, 1.807) is 13.8 Å². The molecule has 0 saturated carbocycles. The summed E-state index contributed by atoms with van der Waals surface area (Å²) >= 11 is 5.79. The molecular weight excluding hydrogens is 285 g/mol. The summed E-state index contributed by atoms with van der Waals surface area (Å²) in [5, 5.41) is 19.8. The number of methoxy groups -OCH3 is 1. The molecule has 0 atom stereocenters. The van der Waals surface area contributed by atoms with Crippen molar-refractivity contribution in [2.45, 2.75) is 38.9 Å². The number of hydrogen-bond donors (Lipinski definition) is 2. The third kappa shape index (κ3) is 3.44. The number of benzene rings is 1. The van der Waals surface area contributed by atoms with Gasteiger partial charge in [-0.2, -0.15) is 0 Å². The minimum atomic E-state index is -1.56. The molecule has 1 aromatic rings. The molecule has 0 bridgehead atoms. The van der Waals surface area contributed by atoms with Gasteiger partial charge in [-0.3, -0.25) is 0 Å². The van der Waals surface area contributed by atoms with Gasteiger partial charge in [0.15, 0.2) is 0 Å². The van der Waals surface area contributed by atoms with Crippen LogP contribution in [-0.4, -0.2) is 35.6 Å². The van der Waals surface area contributed by atoms with E-state index in [0.717, 1.165) is 0 Å². The lowest BCUT2D eigenvalue weighted by molar-refractivity contribution is -0.0983. The van der Waals surface area contributed by atoms with Gasteiger partial charge >= 0.3 is 7.12 Å². The van der Waals surface area contributed by atoms with Crippen LogP contribution < -0.4 is 10.2 Å². The molecule has 1 rings (SSSR count). The fourth-order valence-electron chi connectivity index (χ4n) is 1.38. The molecule has 0 amide bonds. The Kier molecular flexibility index (Phi) is 5.08. The Morgan fingerprint density at radius 1 is 1.25 bits per heavy atom. The summed E-state index contributed by atoms with van der Waals surface area (Å²) in [7, 11) is -0.190. The molecule has 0 heterocycles. The Morgan fingerprint density at radius 2 is 1.80 bits per heavy atom. The topological polar surface area (TPSA) is 58.9 Å². The van der Waals surface area contributed by atoms with Crippen LogP contribution in [0.3, 0.4) is 0 Å². The maximum Gasteiger partial charge on any atom is 0.494 e. The van der Waals surface area contributed by atoms with Gasteiger partial charge in [0.05, 0.1) is 18.3 Å². The standard InChI is InChI=1S/C13H19BClFO4/c1-12(2,17)13(3,4)20-14(18)8-6-7-9(19-5)10(15)11(8)16/h6-7,17-18H,1-5H3. The van der Waals surface area contributed by atoms with Gasteiger partial charge in [0, 0.05) is 5.46 Å². The predicted molar refractivity (Wildman–Crippen MR) is 77.0 cm³/mol. The zero-order valence-corrected chi connectivity index (χ0v) is 13.0. The quantitative estimate of drug-likeness (QED) is 0.814. The summed E-state index contributed by atoms with van der Waals surface area (Å²) in [6.45, 7) is 6.27. The summed E-state index contributed by atoms with van der Waals surface area (Å²) in [5.74, 6) is -0.646. The fraction of sp³-hybridized carbons (Fsp3) is 0.538. The highest BCUT2D eigenvalue weighted by molar-refractivity contribution is 6.60. The number of halogens is 2. The first-order valence-corrected chi connectivity index (χ1v) is 6.49. The summed E-state index contributed by atoms with van der Waals surface area (Å²) in [6, 6.07) is 2.76. The van der Waals surface area contributed by atoms with Crippen LogP contribution in [0.15, 0.2) is 12.1 Å². The third-order valence-electron chi connectivity index (χ3n) is 3.44. The summed E-state index contributed by atoms with van der Waals surface area (Å²) in [4.78, 5) is 0. The second kappa shape index (κ2) is 5.89. The molecule has 0 aliphatic heterocycles. The van der Waals surface area contributed by atoms with E-state index in [1.807, 2.05) is 0 Å². The van der Waals surface area contributed by atoms with E-state index in [9.17, 15) is 14.5 Å². The fourth-order valence-corrected chi connectivity index (χ4v) is 1.63. The van der Waals surface area contributed by atoms with Crippen LogP contribution in [0.2, 0.25) is 5.02 Å². The minimum absolute atomic E-state index is 0.117. The molecule has 7 heteroatoms. The number of ether oxygens (including phenoxy) is 1. The van der Waals surface area contributed by atoms with Crippen LogP contribution >= 0.6 is 11.6 Å².